The predicted octanol–water partition coefficient (Wildman–Crippen LogP) is 0.569. The van der Waals surface area contributed by atoms with E-state index in [9.17, 15) is 9.59 Å². The molecule has 1 amide bonds. The van der Waals surface area contributed by atoms with Crippen LogP contribution in [0.1, 0.15) is 17.3 Å². The number of benzene rings is 1. The van der Waals surface area contributed by atoms with Crippen LogP contribution < -0.4 is 15.8 Å². The molecule has 6 heteroatoms. The lowest BCUT2D eigenvalue weighted by Crippen LogP contribution is -2.39. The van der Waals surface area contributed by atoms with Gasteiger partial charge in [0.25, 0.3) is 5.91 Å². The van der Waals surface area contributed by atoms with E-state index in [0.29, 0.717) is 17.0 Å². The van der Waals surface area contributed by atoms with Gasteiger partial charge >= 0.3 is 5.97 Å². The molecule has 0 aromatic heterocycles. The van der Waals surface area contributed by atoms with Crippen molar-refractivity contribution in [2.75, 3.05) is 20.0 Å². The number of rotatable bonds is 4. The number of nitrogen functional groups attached to an aromatic ring is 1. The van der Waals surface area contributed by atoms with Gasteiger partial charge in [-0.3, -0.25) is 4.79 Å². The third-order valence-corrected chi connectivity index (χ3v) is 2.40. The van der Waals surface area contributed by atoms with E-state index in [1.165, 1.54) is 27.2 Å². The lowest BCUT2D eigenvalue weighted by Gasteiger charge is -2.12. The molecule has 1 aromatic carbocycles. The Morgan fingerprint density at radius 3 is 2.56 bits per heavy atom. The van der Waals surface area contributed by atoms with E-state index in [1.54, 1.807) is 12.1 Å². The molecular formula is C12H16N2O4. The second kappa shape index (κ2) is 5.90. The smallest absolute Gasteiger partial charge is 0.328 e. The highest BCUT2D eigenvalue weighted by molar-refractivity contribution is 5.97. The zero-order valence-electron chi connectivity index (χ0n) is 10.5. The number of amides is 1. The molecule has 98 valence electrons. The Morgan fingerprint density at radius 1 is 1.33 bits per heavy atom. The van der Waals surface area contributed by atoms with Crippen molar-refractivity contribution in [3.8, 4) is 5.75 Å². The summed E-state index contributed by atoms with van der Waals surface area (Å²) in [6.45, 7) is 1.54. The molecule has 0 fully saturated rings. The summed E-state index contributed by atoms with van der Waals surface area (Å²) < 4.78 is 9.53. The van der Waals surface area contributed by atoms with Gasteiger partial charge in [-0.2, -0.15) is 0 Å². The number of nitrogens with one attached hydrogen (secondary N) is 1. The van der Waals surface area contributed by atoms with Crippen LogP contribution in [0.15, 0.2) is 18.2 Å². The number of carbonyl (C=O) groups excluding carboxylic acids is 2. The minimum atomic E-state index is -0.717. The summed E-state index contributed by atoms with van der Waals surface area (Å²) in [5.74, 6) is -0.495. The van der Waals surface area contributed by atoms with Gasteiger partial charge in [-0.25, -0.2) is 4.79 Å². The van der Waals surface area contributed by atoms with Crippen LogP contribution >= 0.6 is 0 Å². The van der Waals surface area contributed by atoms with Crippen LogP contribution in [0.3, 0.4) is 0 Å². The molecule has 1 rings (SSSR count). The SMILES string of the molecule is COC(=O)C(C)NC(=O)c1ccc(N)c(OC)c1. The highest BCUT2D eigenvalue weighted by atomic mass is 16.5. The molecule has 1 atom stereocenters. The summed E-state index contributed by atoms with van der Waals surface area (Å²) in [6, 6.07) is 3.91. The molecule has 0 heterocycles. The summed E-state index contributed by atoms with van der Waals surface area (Å²) in [5.41, 5.74) is 6.44. The first-order chi connectivity index (χ1) is 8.49. The molecule has 1 unspecified atom stereocenters. The van der Waals surface area contributed by atoms with Crippen LogP contribution in [-0.2, 0) is 9.53 Å². The number of hydrogen-bond acceptors (Lipinski definition) is 5. The molecule has 3 N–H and O–H groups in total. The molecule has 1 aromatic rings. The Kier molecular flexibility index (Phi) is 4.53. The van der Waals surface area contributed by atoms with Gasteiger partial charge in [0, 0.05) is 5.56 Å². The van der Waals surface area contributed by atoms with Crippen LogP contribution in [-0.4, -0.2) is 32.1 Å². The van der Waals surface area contributed by atoms with Gasteiger partial charge < -0.3 is 20.5 Å². The zero-order chi connectivity index (χ0) is 13.7. The summed E-state index contributed by atoms with van der Waals surface area (Å²) in [5, 5.41) is 2.51. The van der Waals surface area contributed by atoms with Gasteiger partial charge in [-0.1, -0.05) is 0 Å². The fourth-order valence-corrected chi connectivity index (χ4v) is 1.37. The van der Waals surface area contributed by atoms with Crippen molar-refractivity contribution in [3.05, 3.63) is 23.8 Å². The van der Waals surface area contributed by atoms with Crippen molar-refractivity contribution < 1.29 is 19.1 Å². The third-order valence-electron chi connectivity index (χ3n) is 2.40. The Bertz CT molecular complexity index is 459. The maximum atomic E-state index is 11.8. The average molecular weight is 252 g/mol. The second-order valence-corrected chi connectivity index (χ2v) is 3.68. The Hall–Kier alpha value is -2.24. The molecule has 0 aliphatic carbocycles. The normalized spacial score (nSPS) is 11.5. The highest BCUT2D eigenvalue weighted by Gasteiger charge is 2.17. The average Bonchev–Trinajstić information content (AvgIpc) is 2.37. The Labute approximate surface area is 105 Å². The molecular weight excluding hydrogens is 236 g/mol. The Balaban J connectivity index is 2.81. The van der Waals surface area contributed by atoms with E-state index in [2.05, 4.69) is 10.1 Å². The number of ether oxygens (including phenoxy) is 2. The van der Waals surface area contributed by atoms with E-state index >= 15 is 0 Å². The summed E-state index contributed by atoms with van der Waals surface area (Å²) in [7, 11) is 2.72. The number of hydrogen-bond donors (Lipinski definition) is 2. The van der Waals surface area contributed by atoms with E-state index in [1.807, 2.05) is 0 Å². The van der Waals surface area contributed by atoms with Gasteiger partial charge in [-0.05, 0) is 25.1 Å². The van der Waals surface area contributed by atoms with Crippen molar-refractivity contribution >= 4 is 17.6 Å². The first-order valence-corrected chi connectivity index (χ1v) is 5.31. The molecule has 0 saturated carbocycles. The molecule has 6 nitrogen and oxygen atoms in total. The molecule has 0 bridgehead atoms. The molecule has 0 aliphatic heterocycles. The van der Waals surface area contributed by atoms with E-state index in [-0.39, 0.29) is 0 Å². The monoisotopic (exact) mass is 252 g/mol. The lowest BCUT2D eigenvalue weighted by atomic mass is 10.1. The van der Waals surface area contributed by atoms with E-state index < -0.39 is 17.9 Å². The third kappa shape index (κ3) is 3.13. The molecule has 0 aliphatic rings. The number of esters is 1. The topological polar surface area (TPSA) is 90.7 Å². The van der Waals surface area contributed by atoms with Gasteiger partial charge in [-0.15, -0.1) is 0 Å². The van der Waals surface area contributed by atoms with Crippen LogP contribution in [0.4, 0.5) is 5.69 Å². The molecule has 18 heavy (non-hydrogen) atoms. The predicted molar refractivity (Wildman–Crippen MR) is 66.4 cm³/mol. The van der Waals surface area contributed by atoms with Gasteiger partial charge in [0.05, 0.1) is 19.9 Å². The number of methoxy groups -OCH3 is 2. The Morgan fingerprint density at radius 2 is 2.00 bits per heavy atom. The minimum Gasteiger partial charge on any atom is -0.495 e. The number of nitrogens with two attached hydrogens (primary N) is 1. The van der Waals surface area contributed by atoms with Crippen LogP contribution in [0.2, 0.25) is 0 Å². The first kappa shape index (κ1) is 13.8. The standard InChI is InChI=1S/C12H16N2O4/c1-7(12(16)18-3)14-11(15)8-4-5-9(13)10(6-8)17-2/h4-7H,13H2,1-3H3,(H,14,15). The zero-order valence-corrected chi connectivity index (χ0v) is 10.5. The maximum absolute atomic E-state index is 11.8. The van der Waals surface area contributed by atoms with Crippen LogP contribution in [0.5, 0.6) is 5.75 Å². The lowest BCUT2D eigenvalue weighted by molar-refractivity contribution is -0.142. The largest absolute Gasteiger partial charge is 0.495 e. The van der Waals surface area contributed by atoms with E-state index in [4.69, 9.17) is 10.5 Å². The van der Waals surface area contributed by atoms with Crippen molar-refractivity contribution in [1.29, 1.82) is 0 Å². The number of anilines is 1. The van der Waals surface area contributed by atoms with Gasteiger partial charge in [0.15, 0.2) is 0 Å². The summed E-state index contributed by atoms with van der Waals surface area (Å²) in [6.07, 6.45) is 0. The van der Waals surface area contributed by atoms with Crippen molar-refractivity contribution in [1.82, 2.24) is 5.32 Å². The fraction of sp³-hybridized carbons (Fsp3) is 0.333. The number of carbonyl (C=O) groups is 2. The highest BCUT2D eigenvalue weighted by Crippen LogP contribution is 2.22. The van der Waals surface area contributed by atoms with Crippen LogP contribution in [0, 0.1) is 0 Å². The maximum Gasteiger partial charge on any atom is 0.328 e. The van der Waals surface area contributed by atoms with E-state index in [0.717, 1.165) is 0 Å². The van der Waals surface area contributed by atoms with Crippen molar-refractivity contribution in [2.24, 2.45) is 0 Å². The molecule has 0 saturated heterocycles. The summed E-state index contributed by atoms with van der Waals surface area (Å²) >= 11 is 0. The molecule has 0 radical (unpaired) electrons. The van der Waals surface area contributed by atoms with Gasteiger partial charge in [0.2, 0.25) is 0 Å². The van der Waals surface area contributed by atoms with Crippen LogP contribution in [0.25, 0.3) is 0 Å². The minimum absolute atomic E-state index is 0.358. The summed E-state index contributed by atoms with van der Waals surface area (Å²) in [4.78, 5) is 23.0. The van der Waals surface area contributed by atoms with Gasteiger partial charge in [0.1, 0.15) is 11.8 Å². The fourth-order valence-electron chi connectivity index (χ4n) is 1.37. The first-order valence-electron chi connectivity index (χ1n) is 5.31. The molecule has 0 spiro atoms. The van der Waals surface area contributed by atoms with Crippen molar-refractivity contribution in [2.45, 2.75) is 13.0 Å². The van der Waals surface area contributed by atoms with Crippen molar-refractivity contribution in [3.63, 3.8) is 0 Å². The quantitative estimate of drug-likeness (QED) is 0.604. The second-order valence-electron chi connectivity index (χ2n) is 3.68.